The van der Waals surface area contributed by atoms with Crippen molar-refractivity contribution in [2.45, 2.75) is 48.5 Å². The van der Waals surface area contributed by atoms with Crippen LogP contribution in [0, 0.1) is 32.1 Å². The Bertz CT molecular complexity index is 499. The van der Waals surface area contributed by atoms with E-state index >= 15 is 0 Å². The van der Waals surface area contributed by atoms with Crippen molar-refractivity contribution in [1.29, 1.82) is 0 Å². The molecule has 0 heterocycles. The fourth-order valence-electron chi connectivity index (χ4n) is 2.68. The van der Waals surface area contributed by atoms with Crippen LogP contribution < -0.4 is 0 Å². The van der Waals surface area contributed by atoms with E-state index in [0.717, 1.165) is 16.7 Å². The molecule has 19 heavy (non-hydrogen) atoms. The third-order valence-corrected chi connectivity index (χ3v) is 3.61. The Balaban J connectivity index is 3.32. The molecule has 1 aromatic rings. The zero-order valence-corrected chi connectivity index (χ0v) is 13.0. The average Bonchev–Trinajstić information content (AvgIpc) is 2.26. The van der Waals surface area contributed by atoms with E-state index in [1.807, 2.05) is 46.8 Å². The second-order valence-corrected chi connectivity index (χ2v) is 6.25. The number of hydrogen-bond acceptors (Lipinski definition) is 2. The average molecular weight is 260 g/mol. The van der Waals surface area contributed by atoms with Gasteiger partial charge in [-0.3, -0.25) is 9.59 Å². The number of rotatable bonds is 4. The standard InChI is InChI=1S/C17H24O2/c1-10(2)15(18)17(6,7)16(19)14-12(4)8-11(3)9-13(14)5/h8-10H,1-7H3. The molecule has 0 spiro atoms. The molecule has 104 valence electrons. The van der Waals surface area contributed by atoms with Gasteiger partial charge in [0.2, 0.25) is 0 Å². The maximum atomic E-state index is 12.7. The number of carbonyl (C=O) groups is 2. The summed E-state index contributed by atoms with van der Waals surface area (Å²) in [6.45, 7) is 13.0. The summed E-state index contributed by atoms with van der Waals surface area (Å²) < 4.78 is 0. The summed E-state index contributed by atoms with van der Waals surface area (Å²) in [5.41, 5.74) is 2.78. The third kappa shape index (κ3) is 2.94. The summed E-state index contributed by atoms with van der Waals surface area (Å²) in [5.74, 6) is -0.205. The van der Waals surface area contributed by atoms with Crippen LogP contribution in [0.4, 0.5) is 0 Å². The molecule has 2 heteroatoms. The number of benzene rings is 1. The molecule has 0 amide bonds. The molecule has 0 saturated heterocycles. The first-order chi connectivity index (χ1) is 8.59. The molecule has 2 nitrogen and oxygen atoms in total. The first-order valence-electron chi connectivity index (χ1n) is 6.76. The highest BCUT2D eigenvalue weighted by Crippen LogP contribution is 2.30. The SMILES string of the molecule is Cc1cc(C)c(C(=O)C(C)(C)C(=O)C(C)C)c(C)c1. The van der Waals surface area contributed by atoms with E-state index in [2.05, 4.69) is 0 Å². The molecule has 0 aromatic heterocycles. The Morgan fingerprint density at radius 3 is 1.79 bits per heavy atom. The lowest BCUT2D eigenvalue weighted by Crippen LogP contribution is -2.37. The van der Waals surface area contributed by atoms with Gasteiger partial charge in [-0.1, -0.05) is 31.5 Å². The lowest BCUT2D eigenvalue weighted by Gasteiger charge is -2.25. The summed E-state index contributed by atoms with van der Waals surface area (Å²) in [4.78, 5) is 25.0. The first-order valence-corrected chi connectivity index (χ1v) is 6.76. The minimum atomic E-state index is -0.959. The second-order valence-electron chi connectivity index (χ2n) is 6.25. The van der Waals surface area contributed by atoms with Gasteiger partial charge in [-0.05, 0) is 45.7 Å². The van der Waals surface area contributed by atoms with Crippen LogP contribution >= 0.6 is 0 Å². The lowest BCUT2D eigenvalue weighted by molar-refractivity contribution is -0.127. The van der Waals surface area contributed by atoms with Gasteiger partial charge in [-0.25, -0.2) is 0 Å². The summed E-state index contributed by atoms with van der Waals surface area (Å²) in [7, 11) is 0. The van der Waals surface area contributed by atoms with Gasteiger partial charge in [0.05, 0.1) is 5.41 Å². The minimum absolute atomic E-state index is 0.00289. The van der Waals surface area contributed by atoms with Crippen LogP contribution in [0.25, 0.3) is 0 Å². The Kier molecular flexibility index (Phi) is 4.34. The van der Waals surface area contributed by atoms with E-state index in [1.54, 1.807) is 13.8 Å². The highest BCUT2D eigenvalue weighted by Gasteiger charge is 2.38. The quantitative estimate of drug-likeness (QED) is 0.604. The van der Waals surface area contributed by atoms with E-state index in [1.165, 1.54) is 0 Å². The van der Waals surface area contributed by atoms with Crippen LogP contribution in [0.5, 0.6) is 0 Å². The summed E-state index contributed by atoms with van der Waals surface area (Å²) in [6, 6.07) is 3.99. The van der Waals surface area contributed by atoms with Crippen LogP contribution in [0.1, 0.15) is 54.7 Å². The van der Waals surface area contributed by atoms with Crippen molar-refractivity contribution in [3.8, 4) is 0 Å². The summed E-state index contributed by atoms with van der Waals surface area (Å²) >= 11 is 0. The largest absolute Gasteiger partial charge is 0.298 e. The van der Waals surface area contributed by atoms with Crippen molar-refractivity contribution >= 4 is 11.6 Å². The van der Waals surface area contributed by atoms with Crippen molar-refractivity contribution in [2.24, 2.45) is 11.3 Å². The summed E-state index contributed by atoms with van der Waals surface area (Å²) in [6.07, 6.45) is 0. The molecule has 0 atom stereocenters. The van der Waals surface area contributed by atoms with Crippen molar-refractivity contribution in [2.75, 3.05) is 0 Å². The van der Waals surface area contributed by atoms with Crippen LogP contribution in [-0.2, 0) is 4.79 Å². The molecule has 0 radical (unpaired) electrons. The lowest BCUT2D eigenvalue weighted by atomic mass is 9.75. The number of hydrogen-bond donors (Lipinski definition) is 0. The van der Waals surface area contributed by atoms with Crippen molar-refractivity contribution < 1.29 is 9.59 Å². The predicted molar refractivity (Wildman–Crippen MR) is 78.6 cm³/mol. The second kappa shape index (κ2) is 5.28. The van der Waals surface area contributed by atoms with E-state index < -0.39 is 5.41 Å². The zero-order chi connectivity index (χ0) is 15.0. The van der Waals surface area contributed by atoms with Crippen molar-refractivity contribution in [3.63, 3.8) is 0 Å². The van der Waals surface area contributed by atoms with Crippen LogP contribution in [-0.4, -0.2) is 11.6 Å². The fraction of sp³-hybridized carbons (Fsp3) is 0.529. The molecule has 1 aromatic carbocycles. The van der Waals surface area contributed by atoms with Crippen molar-refractivity contribution in [3.05, 3.63) is 34.4 Å². The zero-order valence-electron chi connectivity index (χ0n) is 13.0. The van der Waals surface area contributed by atoms with Gasteiger partial charge in [-0.15, -0.1) is 0 Å². The molecule has 0 bridgehead atoms. The number of Topliss-reactive ketones (excluding diaryl/α,β-unsaturated/α-hetero) is 2. The predicted octanol–water partition coefficient (Wildman–Crippen LogP) is 4.05. The monoisotopic (exact) mass is 260 g/mol. The van der Waals surface area contributed by atoms with Gasteiger partial charge >= 0.3 is 0 Å². The van der Waals surface area contributed by atoms with E-state index in [0.29, 0.717) is 5.56 Å². The maximum Gasteiger partial charge on any atom is 0.176 e. The molecule has 0 saturated carbocycles. The molecule has 1 rings (SSSR count). The molecule has 0 N–H and O–H groups in total. The Labute approximate surface area is 116 Å². The number of ketones is 2. The molecule has 0 aliphatic heterocycles. The van der Waals surface area contributed by atoms with Crippen LogP contribution in [0.15, 0.2) is 12.1 Å². The highest BCUT2D eigenvalue weighted by atomic mass is 16.2. The molecular formula is C17H24O2. The fourth-order valence-corrected chi connectivity index (χ4v) is 2.68. The highest BCUT2D eigenvalue weighted by molar-refractivity contribution is 6.15. The minimum Gasteiger partial charge on any atom is -0.298 e. The first kappa shape index (κ1) is 15.6. The normalized spacial score (nSPS) is 11.8. The summed E-state index contributed by atoms with van der Waals surface area (Å²) in [5, 5.41) is 0. The van der Waals surface area contributed by atoms with E-state index in [9.17, 15) is 9.59 Å². The Hall–Kier alpha value is -1.44. The van der Waals surface area contributed by atoms with Gasteiger partial charge in [0, 0.05) is 11.5 Å². The molecule has 0 fully saturated rings. The topological polar surface area (TPSA) is 34.1 Å². The molecule has 0 unspecified atom stereocenters. The van der Waals surface area contributed by atoms with Gasteiger partial charge in [0.25, 0.3) is 0 Å². The van der Waals surface area contributed by atoms with Crippen molar-refractivity contribution in [1.82, 2.24) is 0 Å². The molecule has 0 aliphatic rings. The van der Waals surface area contributed by atoms with Gasteiger partial charge in [0.1, 0.15) is 5.78 Å². The Morgan fingerprint density at radius 2 is 1.42 bits per heavy atom. The maximum absolute atomic E-state index is 12.7. The van der Waals surface area contributed by atoms with Gasteiger partial charge in [0.15, 0.2) is 5.78 Å². The number of aryl methyl sites for hydroxylation is 3. The smallest absolute Gasteiger partial charge is 0.176 e. The Morgan fingerprint density at radius 1 is 1.00 bits per heavy atom. The number of carbonyl (C=O) groups excluding carboxylic acids is 2. The molecule has 0 aliphatic carbocycles. The van der Waals surface area contributed by atoms with E-state index in [-0.39, 0.29) is 17.5 Å². The third-order valence-electron chi connectivity index (χ3n) is 3.61. The molecular weight excluding hydrogens is 236 g/mol. The van der Waals surface area contributed by atoms with Gasteiger partial charge < -0.3 is 0 Å². The van der Waals surface area contributed by atoms with Crippen LogP contribution in [0.2, 0.25) is 0 Å². The van der Waals surface area contributed by atoms with Gasteiger partial charge in [-0.2, -0.15) is 0 Å². The van der Waals surface area contributed by atoms with E-state index in [4.69, 9.17) is 0 Å². The van der Waals surface area contributed by atoms with Crippen LogP contribution in [0.3, 0.4) is 0 Å².